The quantitative estimate of drug-likeness (QED) is 0.193. The summed E-state index contributed by atoms with van der Waals surface area (Å²) in [5, 5.41) is 8.82. The van der Waals surface area contributed by atoms with Gasteiger partial charge in [-0.2, -0.15) is 0 Å². The van der Waals surface area contributed by atoms with Gasteiger partial charge in [0.1, 0.15) is 11.9 Å². The van der Waals surface area contributed by atoms with Gasteiger partial charge in [0, 0.05) is 0 Å². The molecule has 0 aliphatic heterocycles. The third-order valence-corrected chi connectivity index (χ3v) is 4.08. The van der Waals surface area contributed by atoms with Gasteiger partial charge in [-0.05, 0) is 52.9 Å². The molecule has 2 rings (SSSR count). The van der Waals surface area contributed by atoms with Crippen LogP contribution in [0.15, 0.2) is 54.6 Å². The van der Waals surface area contributed by atoms with Crippen LogP contribution in [0.1, 0.15) is 49.0 Å². The maximum Gasteiger partial charge on any atom is 0.245 e. The normalized spacial score (nSPS) is 12.3. The second kappa shape index (κ2) is 10.8. The second-order valence-corrected chi connectivity index (χ2v) is 6.29. The van der Waals surface area contributed by atoms with Crippen LogP contribution in [0.3, 0.4) is 0 Å². The van der Waals surface area contributed by atoms with Crippen LogP contribution < -0.4 is 4.74 Å². The number of hydrogen-bond donors (Lipinski definition) is 1. The number of carbonyl (C=O) groups is 1. The average molecular weight is 375 g/mol. The minimum atomic E-state index is -0.600. The molecule has 26 heavy (non-hydrogen) atoms. The van der Waals surface area contributed by atoms with Crippen molar-refractivity contribution < 1.29 is 19.7 Å². The van der Waals surface area contributed by atoms with Crippen molar-refractivity contribution in [2.24, 2.45) is 0 Å². The molecule has 0 saturated heterocycles. The Morgan fingerprint density at radius 1 is 1.08 bits per heavy atom. The summed E-state index contributed by atoms with van der Waals surface area (Å²) in [6.45, 7) is 2.86. The van der Waals surface area contributed by atoms with E-state index in [1.165, 1.54) is 6.08 Å². The third-order valence-electron chi connectivity index (χ3n) is 3.95. The Kier molecular flexibility index (Phi) is 8.35. The first-order valence-corrected chi connectivity index (χ1v) is 9.02. The Morgan fingerprint density at radius 2 is 1.69 bits per heavy atom. The molecule has 2 aromatic rings. The minimum Gasteiger partial charge on any atom is -0.494 e. The number of halogens is 1. The molecular formula is C21H23ClO4. The number of allylic oxidation sites excluding steroid dienone is 1. The van der Waals surface area contributed by atoms with Gasteiger partial charge in [-0.1, -0.05) is 62.2 Å². The van der Waals surface area contributed by atoms with Gasteiger partial charge >= 0.3 is 0 Å². The average Bonchev–Trinajstić information content (AvgIpc) is 2.66. The standard InChI is InChI=1S/C21H23ClO4/c1-2-3-4-15-25-19-12-10-18(11-13-19)21(26-24)17-8-5-16(6-9-17)7-14-20(22)23/h5-14,21,24H,2-4,15H2,1H3. The summed E-state index contributed by atoms with van der Waals surface area (Å²) in [6.07, 6.45) is 5.67. The highest BCUT2D eigenvalue weighted by atomic mass is 35.5. The molecule has 1 N–H and O–H groups in total. The summed E-state index contributed by atoms with van der Waals surface area (Å²) in [5.41, 5.74) is 2.43. The minimum absolute atomic E-state index is 0.525. The molecule has 1 unspecified atom stereocenters. The summed E-state index contributed by atoms with van der Waals surface area (Å²) >= 11 is 5.28. The van der Waals surface area contributed by atoms with Gasteiger partial charge in [0.2, 0.25) is 5.24 Å². The van der Waals surface area contributed by atoms with E-state index in [4.69, 9.17) is 16.3 Å². The lowest BCUT2D eigenvalue weighted by atomic mass is 10.00. The molecule has 5 heteroatoms. The molecule has 1 atom stereocenters. The largest absolute Gasteiger partial charge is 0.494 e. The molecule has 0 aliphatic rings. The van der Waals surface area contributed by atoms with Gasteiger partial charge in [-0.3, -0.25) is 10.1 Å². The van der Waals surface area contributed by atoms with Crippen molar-refractivity contribution >= 4 is 22.9 Å². The summed E-state index contributed by atoms with van der Waals surface area (Å²) in [5.74, 6) is 0.799. The van der Waals surface area contributed by atoms with Crippen LogP contribution >= 0.6 is 11.6 Å². The van der Waals surface area contributed by atoms with Crippen molar-refractivity contribution in [2.75, 3.05) is 6.61 Å². The molecule has 0 saturated carbocycles. The zero-order valence-electron chi connectivity index (χ0n) is 14.7. The lowest BCUT2D eigenvalue weighted by Crippen LogP contribution is -2.04. The van der Waals surface area contributed by atoms with E-state index in [0.29, 0.717) is 6.61 Å². The fourth-order valence-electron chi connectivity index (χ4n) is 2.54. The lowest BCUT2D eigenvalue weighted by Gasteiger charge is -2.15. The van der Waals surface area contributed by atoms with Gasteiger partial charge < -0.3 is 4.74 Å². The van der Waals surface area contributed by atoms with E-state index in [1.54, 1.807) is 6.08 Å². The summed E-state index contributed by atoms with van der Waals surface area (Å²) in [6, 6.07) is 14.8. The van der Waals surface area contributed by atoms with Crippen molar-refractivity contribution in [3.63, 3.8) is 0 Å². The first kappa shape index (κ1) is 20.2. The number of hydrogen-bond acceptors (Lipinski definition) is 4. The van der Waals surface area contributed by atoms with Crippen molar-refractivity contribution in [1.29, 1.82) is 0 Å². The van der Waals surface area contributed by atoms with Crippen LogP contribution in [0.4, 0.5) is 0 Å². The fourth-order valence-corrected chi connectivity index (χ4v) is 2.60. The van der Waals surface area contributed by atoms with Gasteiger partial charge in [0.05, 0.1) is 6.61 Å². The van der Waals surface area contributed by atoms with Crippen LogP contribution in [0.5, 0.6) is 5.75 Å². The zero-order valence-corrected chi connectivity index (χ0v) is 15.5. The number of ether oxygens (including phenoxy) is 1. The van der Waals surface area contributed by atoms with Gasteiger partial charge in [0.25, 0.3) is 0 Å². The van der Waals surface area contributed by atoms with E-state index in [0.717, 1.165) is 41.7 Å². The monoisotopic (exact) mass is 374 g/mol. The molecule has 0 amide bonds. The Labute approximate surface area is 158 Å². The van der Waals surface area contributed by atoms with E-state index >= 15 is 0 Å². The number of carbonyl (C=O) groups excluding carboxylic acids is 1. The highest BCUT2D eigenvalue weighted by molar-refractivity contribution is 6.66. The van der Waals surface area contributed by atoms with Gasteiger partial charge in [-0.25, -0.2) is 4.89 Å². The predicted octanol–water partition coefficient (Wildman–Crippen LogP) is 5.61. The Hall–Kier alpha value is -2.14. The second-order valence-electron chi connectivity index (χ2n) is 5.91. The Balaban J connectivity index is 2.04. The summed E-state index contributed by atoms with van der Waals surface area (Å²) in [4.78, 5) is 15.4. The molecule has 0 bridgehead atoms. The zero-order chi connectivity index (χ0) is 18.8. The fraction of sp³-hybridized carbons (Fsp3) is 0.286. The molecule has 0 aliphatic carbocycles. The van der Waals surface area contributed by atoms with E-state index in [2.05, 4.69) is 11.8 Å². The molecule has 0 fully saturated rings. The number of unbranched alkanes of at least 4 members (excludes halogenated alkanes) is 2. The highest BCUT2D eigenvalue weighted by Gasteiger charge is 2.15. The molecule has 0 aromatic heterocycles. The van der Waals surface area contributed by atoms with E-state index in [9.17, 15) is 10.1 Å². The van der Waals surface area contributed by atoms with Crippen LogP contribution in [0, 0.1) is 0 Å². The van der Waals surface area contributed by atoms with Crippen molar-refractivity contribution in [3.05, 3.63) is 71.3 Å². The van der Waals surface area contributed by atoms with Crippen molar-refractivity contribution in [3.8, 4) is 5.75 Å². The summed E-state index contributed by atoms with van der Waals surface area (Å²) < 4.78 is 5.69. The van der Waals surface area contributed by atoms with Crippen LogP contribution in [-0.2, 0) is 9.68 Å². The Bertz CT molecular complexity index is 708. The smallest absolute Gasteiger partial charge is 0.245 e. The molecule has 0 radical (unpaired) electrons. The Morgan fingerprint density at radius 3 is 2.23 bits per heavy atom. The van der Waals surface area contributed by atoms with Crippen LogP contribution in [0.25, 0.3) is 6.08 Å². The molecule has 4 nitrogen and oxygen atoms in total. The molecular weight excluding hydrogens is 352 g/mol. The van der Waals surface area contributed by atoms with E-state index < -0.39 is 11.3 Å². The van der Waals surface area contributed by atoms with Crippen molar-refractivity contribution in [2.45, 2.75) is 32.3 Å². The number of benzene rings is 2. The van der Waals surface area contributed by atoms with Crippen LogP contribution in [0.2, 0.25) is 0 Å². The lowest BCUT2D eigenvalue weighted by molar-refractivity contribution is -0.270. The topological polar surface area (TPSA) is 55.8 Å². The molecule has 2 aromatic carbocycles. The summed E-state index contributed by atoms with van der Waals surface area (Å²) in [7, 11) is 0. The first-order valence-electron chi connectivity index (χ1n) is 8.64. The maximum absolute atomic E-state index is 10.8. The van der Waals surface area contributed by atoms with Crippen molar-refractivity contribution in [1.82, 2.24) is 0 Å². The third kappa shape index (κ3) is 6.30. The highest BCUT2D eigenvalue weighted by Crippen LogP contribution is 2.27. The molecule has 0 heterocycles. The number of rotatable bonds is 10. The first-order chi connectivity index (χ1) is 12.6. The predicted molar refractivity (Wildman–Crippen MR) is 103 cm³/mol. The molecule has 138 valence electrons. The van der Waals surface area contributed by atoms with Gasteiger partial charge in [-0.15, -0.1) is 0 Å². The van der Waals surface area contributed by atoms with E-state index in [1.807, 2.05) is 48.5 Å². The van der Waals surface area contributed by atoms with E-state index in [-0.39, 0.29) is 0 Å². The maximum atomic E-state index is 10.8. The van der Waals surface area contributed by atoms with Crippen LogP contribution in [-0.4, -0.2) is 17.1 Å². The molecule has 0 spiro atoms. The van der Waals surface area contributed by atoms with Gasteiger partial charge in [0.15, 0.2) is 0 Å². The SMILES string of the molecule is CCCCCOc1ccc(C(OO)c2ccc(C=CC(=O)Cl)cc2)cc1.